The summed E-state index contributed by atoms with van der Waals surface area (Å²) in [6.07, 6.45) is -4.59. The standard InChI is InChI=1S/C13H8BrF4NO2S/c14-11-5-4-10(7-12(11)15)22(20,21)19-9-3-1-2-8(6-9)13(16,17)18/h1-7,19H. The van der Waals surface area contributed by atoms with E-state index in [1.54, 1.807) is 0 Å². The molecule has 2 rings (SSSR count). The van der Waals surface area contributed by atoms with Crippen LogP contribution in [-0.2, 0) is 16.2 Å². The van der Waals surface area contributed by atoms with Gasteiger partial charge in [0.25, 0.3) is 10.0 Å². The molecule has 118 valence electrons. The number of halogens is 5. The number of rotatable bonds is 3. The molecule has 0 heterocycles. The lowest BCUT2D eigenvalue weighted by Gasteiger charge is -2.11. The molecule has 0 fully saturated rings. The predicted molar refractivity (Wildman–Crippen MR) is 76.4 cm³/mol. The Balaban J connectivity index is 2.35. The van der Waals surface area contributed by atoms with Crippen molar-refractivity contribution in [3.8, 4) is 0 Å². The Hall–Kier alpha value is -1.61. The third-order valence-electron chi connectivity index (χ3n) is 2.64. The number of anilines is 1. The molecule has 0 bridgehead atoms. The summed E-state index contributed by atoms with van der Waals surface area (Å²) >= 11 is 2.88. The number of hydrogen-bond acceptors (Lipinski definition) is 2. The monoisotopic (exact) mass is 397 g/mol. The van der Waals surface area contributed by atoms with Gasteiger partial charge in [0.05, 0.1) is 14.9 Å². The zero-order chi connectivity index (χ0) is 16.5. The fourth-order valence-corrected chi connectivity index (χ4v) is 2.92. The third kappa shape index (κ3) is 3.77. The second-order valence-corrected chi connectivity index (χ2v) is 6.80. The van der Waals surface area contributed by atoms with Crippen molar-refractivity contribution >= 4 is 31.6 Å². The molecule has 0 aliphatic rings. The van der Waals surface area contributed by atoms with Crippen molar-refractivity contribution in [2.24, 2.45) is 0 Å². The van der Waals surface area contributed by atoms with Crippen LogP contribution in [0.1, 0.15) is 5.56 Å². The SMILES string of the molecule is O=S(=O)(Nc1cccc(C(F)(F)F)c1)c1ccc(Br)c(F)c1. The highest BCUT2D eigenvalue weighted by atomic mass is 79.9. The normalized spacial score (nSPS) is 12.2. The summed E-state index contributed by atoms with van der Waals surface area (Å²) in [5.41, 5.74) is -1.26. The fourth-order valence-electron chi connectivity index (χ4n) is 1.62. The molecule has 9 heteroatoms. The number of sulfonamides is 1. The van der Waals surface area contributed by atoms with Crippen molar-refractivity contribution in [1.82, 2.24) is 0 Å². The van der Waals surface area contributed by atoms with Crippen molar-refractivity contribution in [3.05, 3.63) is 58.3 Å². The van der Waals surface area contributed by atoms with Crippen LogP contribution in [0.4, 0.5) is 23.2 Å². The molecule has 22 heavy (non-hydrogen) atoms. The fraction of sp³-hybridized carbons (Fsp3) is 0.0769. The first-order chi connectivity index (χ1) is 10.1. The Morgan fingerprint density at radius 3 is 2.32 bits per heavy atom. The van der Waals surface area contributed by atoms with Crippen LogP contribution in [0.5, 0.6) is 0 Å². The van der Waals surface area contributed by atoms with Gasteiger partial charge in [-0.1, -0.05) is 6.07 Å². The lowest BCUT2D eigenvalue weighted by molar-refractivity contribution is -0.137. The lowest BCUT2D eigenvalue weighted by atomic mass is 10.2. The van der Waals surface area contributed by atoms with Crippen LogP contribution in [0.3, 0.4) is 0 Å². The van der Waals surface area contributed by atoms with E-state index in [4.69, 9.17) is 0 Å². The van der Waals surface area contributed by atoms with Gasteiger partial charge in [-0.15, -0.1) is 0 Å². The van der Waals surface area contributed by atoms with Gasteiger partial charge in [-0.25, -0.2) is 12.8 Å². The van der Waals surface area contributed by atoms with Gasteiger partial charge in [0.1, 0.15) is 5.82 Å². The topological polar surface area (TPSA) is 46.2 Å². The number of alkyl halides is 3. The summed E-state index contributed by atoms with van der Waals surface area (Å²) in [6.45, 7) is 0. The van der Waals surface area contributed by atoms with Crippen molar-refractivity contribution in [2.45, 2.75) is 11.1 Å². The van der Waals surface area contributed by atoms with E-state index in [1.807, 2.05) is 4.72 Å². The van der Waals surface area contributed by atoms with Gasteiger partial charge in [0.2, 0.25) is 0 Å². The van der Waals surface area contributed by atoms with Crippen LogP contribution in [0.2, 0.25) is 0 Å². The molecule has 0 atom stereocenters. The van der Waals surface area contributed by atoms with Gasteiger partial charge < -0.3 is 0 Å². The molecule has 0 spiro atoms. The van der Waals surface area contributed by atoms with Gasteiger partial charge in [0, 0.05) is 5.69 Å². The Kier molecular flexibility index (Phi) is 4.48. The molecule has 1 N–H and O–H groups in total. The predicted octanol–water partition coefficient (Wildman–Crippen LogP) is 4.41. The van der Waals surface area contributed by atoms with Crippen LogP contribution in [0, 0.1) is 5.82 Å². The molecule has 0 radical (unpaired) electrons. The molecule has 0 saturated heterocycles. The van der Waals surface area contributed by atoms with E-state index in [0.717, 1.165) is 24.3 Å². The van der Waals surface area contributed by atoms with Crippen LogP contribution >= 0.6 is 15.9 Å². The molecule has 2 aromatic rings. The van der Waals surface area contributed by atoms with E-state index in [0.29, 0.717) is 6.07 Å². The number of hydrogen-bond donors (Lipinski definition) is 1. The Morgan fingerprint density at radius 1 is 1.05 bits per heavy atom. The van der Waals surface area contributed by atoms with E-state index in [9.17, 15) is 26.0 Å². The molecule has 3 nitrogen and oxygen atoms in total. The first-order valence-electron chi connectivity index (χ1n) is 5.75. The minimum absolute atomic E-state index is 0.0746. The third-order valence-corrected chi connectivity index (χ3v) is 4.67. The average molecular weight is 398 g/mol. The first-order valence-corrected chi connectivity index (χ1v) is 8.02. The van der Waals surface area contributed by atoms with E-state index >= 15 is 0 Å². The van der Waals surface area contributed by atoms with Crippen LogP contribution in [-0.4, -0.2) is 8.42 Å². The second kappa shape index (κ2) is 5.88. The average Bonchev–Trinajstić information content (AvgIpc) is 2.40. The van der Waals surface area contributed by atoms with Crippen LogP contribution in [0.25, 0.3) is 0 Å². The maximum absolute atomic E-state index is 13.4. The molecule has 0 aromatic heterocycles. The van der Waals surface area contributed by atoms with Crippen molar-refractivity contribution in [2.75, 3.05) is 4.72 Å². The van der Waals surface area contributed by atoms with Crippen molar-refractivity contribution in [1.29, 1.82) is 0 Å². The number of benzene rings is 2. The summed E-state index contributed by atoms with van der Waals surface area (Å²) in [5, 5.41) is 0. The summed E-state index contributed by atoms with van der Waals surface area (Å²) in [4.78, 5) is -0.398. The van der Waals surface area contributed by atoms with Crippen LogP contribution < -0.4 is 4.72 Å². The van der Waals surface area contributed by atoms with E-state index < -0.39 is 32.5 Å². The summed E-state index contributed by atoms with van der Waals surface area (Å²) in [6, 6.07) is 6.80. The van der Waals surface area contributed by atoms with E-state index in [2.05, 4.69) is 15.9 Å². The van der Waals surface area contributed by atoms with Gasteiger partial charge in [0.15, 0.2) is 0 Å². The summed E-state index contributed by atoms with van der Waals surface area (Å²) in [5.74, 6) is -0.799. The zero-order valence-electron chi connectivity index (χ0n) is 10.7. The van der Waals surface area contributed by atoms with Gasteiger partial charge in [-0.2, -0.15) is 13.2 Å². The maximum Gasteiger partial charge on any atom is 0.416 e. The smallest absolute Gasteiger partial charge is 0.280 e. The molecular formula is C13H8BrF4NO2S. The highest BCUT2D eigenvalue weighted by Gasteiger charge is 2.30. The minimum atomic E-state index is -4.59. The molecule has 0 aliphatic heterocycles. The highest BCUT2D eigenvalue weighted by molar-refractivity contribution is 9.10. The Labute approximate surface area is 132 Å². The van der Waals surface area contributed by atoms with E-state index in [-0.39, 0.29) is 10.2 Å². The molecule has 0 saturated carbocycles. The summed E-state index contributed by atoms with van der Waals surface area (Å²) in [7, 11) is -4.19. The Bertz CT molecular complexity index is 806. The van der Waals surface area contributed by atoms with Crippen LogP contribution in [0.15, 0.2) is 51.8 Å². The van der Waals surface area contributed by atoms with Gasteiger partial charge in [-0.3, -0.25) is 4.72 Å². The van der Waals surface area contributed by atoms with E-state index in [1.165, 1.54) is 12.1 Å². The summed E-state index contributed by atoms with van der Waals surface area (Å²) < 4.78 is 77.3. The molecule has 0 amide bonds. The largest absolute Gasteiger partial charge is 0.416 e. The van der Waals surface area contributed by atoms with Crippen molar-refractivity contribution < 1.29 is 26.0 Å². The van der Waals surface area contributed by atoms with Crippen molar-refractivity contribution in [3.63, 3.8) is 0 Å². The van der Waals surface area contributed by atoms with Gasteiger partial charge >= 0.3 is 6.18 Å². The first kappa shape index (κ1) is 16.8. The van der Waals surface area contributed by atoms with Gasteiger partial charge in [-0.05, 0) is 52.3 Å². The molecular weight excluding hydrogens is 390 g/mol. The molecule has 2 aromatic carbocycles. The zero-order valence-corrected chi connectivity index (χ0v) is 13.1. The minimum Gasteiger partial charge on any atom is -0.280 e. The Morgan fingerprint density at radius 2 is 1.73 bits per heavy atom. The quantitative estimate of drug-likeness (QED) is 0.779. The highest BCUT2D eigenvalue weighted by Crippen LogP contribution is 2.31. The second-order valence-electron chi connectivity index (χ2n) is 4.26. The maximum atomic E-state index is 13.4. The molecule has 0 unspecified atom stereocenters. The molecule has 0 aliphatic carbocycles. The lowest BCUT2D eigenvalue weighted by Crippen LogP contribution is -2.14. The number of nitrogens with one attached hydrogen (secondary N) is 1.